The first-order valence-electron chi connectivity index (χ1n) is 6.84. The minimum Gasteiger partial charge on any atom is -0.350 e. The summed E-state index contributed by atoms with van der Waals surface area (Å²) in [6.45, 7) is 7.60. The second kappa shape index (κ2) is 6.99. The van der Waals surface area contributed by atoms with Gasteiger partial charge in [-0.3, -0.25) is 10.1 Å². The summed E-state index contributed by atoms with van der Waals surface area (Å²) < 4.78 is 0. The van der Waals surface area contributed by atoms with Crippen LogP contribution < -0.4 is 10.6 Å². The number of aromatic nitrogens is 1. The molecule has 7 nitrogen and oxygen atoms in total. The van der Waals surface area contributed by atoms with E-state index in [2.05, 4.69) is 4.98 Å². The van der Waals surface area contributed by atoms with Crippen LogP contribution in [0.4, 0.5) is 11.5 Å². The van der Waals surface area contributed by atoms with Crippen molar-refractivity contribution in [3.8, 4) is 6.07 Å². The second-order valence-electron chi connectivity index (χ2n) is 5.69. The third-order valence-corrected chi connectivity index (χ3v) is 3.17. The van der Waals surface area contributed by atoms with Crippen molar-refractivity contribution in [2.24, 2.45) is 11.1 Å². The first-order valence-corrected chi connectivity index (χ1v) is 6.84. The molecular formula is C14H21N5O2. The predicted octanol–water partition coefficient (Wildman–Crippen LogP) is 2.06. The molecule has 2 N–H and O–H groups in total. The summed E-state index contributed by atoms with van der Waals surface area (Å²) in [4.78, 5) is 16.7. The van der Waals surface area contributed by atoms with Gasteiger partial charge in [0.2, 0.25) is 5.82 Å². The molecule has 0 spiro atoms. The van der Waals surface area contributed by atoms with Gasteiger partial charge >= 0.3 is 5.69 Å². The van der Waals surface area contributed by atoms with Crippen LogP contribution in [0, 0.1) is 26.9 Å². The molecule has 0 amide bonds. The summed E-state index contributed by atoms with van der Waals surface area (Å²) >= 11 is 0. The van der Waals surface area contributed by atoms with E-state index in [4.69, 9.17) is 11.0 Å². The molecule has 0 bridgehead atoms. The highest BCUT2D eigenvalue weighted by atomic mass is 16.6. The topological polar surface area (TPSA) is 109 Å². The van der Waals surface area contributed by atoms with Crippen molar-refractivity contribution in [2.45, 2.75) is 27.2 Å². The number of nitrogens with zero attached hydrogens (tertiary/aromatic N) is 4. The number of nitro groups is 1. The molecule has 0 saturated heterocycles. The molecule has 21 heavy (non-hydrogen) atoms. The smallest absolute Gasteiger partial charge is 0.329 e. The fraction of sp³-hybridized carbons (Fsp3) is 0.571. The van der Waals surface area contributed by atoms with Crippen molar-refractivity contribution in [3.63, 3.8) is 0 Å². The maximum absolute atomic E-state index is 11.3. The summed E-state index contributed by atoms with van der Waals surface area (Å²) in [5.41, 5.74) is 5.34. The molecule has 0 aliphatic rings. The first-order chi connectivity index (χ1) is 9.86. The van der Waals surface area contributed by atoms with E-state index in [0.29, 0.717) is 19.6 Å². The third kappa shape index (κ3) is 4.13. The van der Waals surface area contributed by atoms with Gasteiger partial charge in [-0.1, -0.05) is 20.8 Å². The zero-order chi connectivity index (χ0) is 16.0. The Morgan fingerprint density at radius 1 is 1.57 bits per heavy atom. The number of hydrogen-bond donors (Lipinski definition) is 1. The van der Waals surface area contributed by atoms with Crippen molar-refractivity contribution in [2.75, 3.05) is 24.5 Å². The van der Waals surface area contributed by atoms with Gasteiger partial charge in [0.1, 0.15) is 11.6 Å². The van der Waals surface area contributed by atoms with Crippen molar-refractivity contribution in [1.82, 2.24) is 4.98 Å². The van der Waals surface area contributed by atoms with Gasteiger partial charge in [-0.15, -0.1) is 0 Å². The van der Waals surface area contributed by atoms with Gasteiger partial charge in [-0.2, -0.15) is 5.26 Å². The predicted molar refractivity (Wildman–Crippen MR) is 80.9 cm³/mol. The normalized spacial score (nSPS) is 11.0. The Bertz CT molecular complexity index is 551. The molecule has 0 radical (unpaired) electrons. The van der Waals surface area contributed by atoms with Crippen molar-refractivity contribution in [3.05, 3.63) is 27.9 Å². The lowest BCUT2D eigenvalue weighted by molar-refractivity contribution is -0.384. The molecule has 0 fully saturated rings. The molecule has 0 aliphatic heterocycles. The maximum atomic E-state index is 11.3. The summed E-state index contributed by atoms with van der Waals surface area (Å²) in [7, 11) is 0. The molecule has 1 aromatic heterocycles. The highest BCUT2D eigenvalue weighted by Gasteiger charge is 2.28. The fourth-order valence-corrected chi connectivity index (χ4v) is 2.06. The molecule has 1 aromatic rings. The highest BCUT2D eigenvalue weighted by Crippen LogP contribution is 2.31. The lowest BCUT2D eigenvalue weighted by Crippen LogP contribution is -2.40. The van der Waals surface area contributed by atoms with Crippen molar-refractivity contribution in [1.29, 1.82) is 5.26 Å². The Labute approximate surface area is 124 Å². The zero-order valence-corrected chi connectivity index (χ0v) is 12.7. The Morgan fingerprint density at radius 2 is 2.24 bits per heavy atom. The largest absolute Gasteiger partial charge is 0.350 e. The molecule has 1 rings (SSSR count). The van der Waals surface area contributed by atoms with Crippen LogP contribution in [0.15, 0.2) is 12.3 Å². The van der Waals surface area contributed by atoms with Gasteiger partial charge in [0.15, 0.2) is 0 Å². The van der Waals surface area contributed by atoms with E-state index in [1.165, 1.54) is 12.3 Å². The van der Waals surface area contributed by atoms with E-state index < -0.39 is 4.92 Å². The molecule has 1 heterocycles. The minimum atomic E-state index is -0.543. The standard InChI is InChI=1S/C14H21N5O2/c1-4-7-18(10-14(2,3)9-16)13-12(19(20)21)11(8-15)5-6-17-13/h5-6H,4,7,9-10,16H2,1-3H3. The molecule has 0 saturated carbocycles. The molecule has 0 unspecified atom stereocenters. The van der Waals surface area contributed by atoms with Crippen LogP contribution >= 0.6 is 0 Å². The van der Waals surface area contributed by atoms with Crippen LogP contribution in [-0.2, 0) is 0 Å². The molecule has 0 aliphatic carbocycles. The number of anilines is 1. The van der Waals surface area contributed by atoms with E-state index in [1.54, 1.807) is 0 Å². The van der Waals surface area contributed by atoms with Gasteiger partial charge in [-0.25, -0.2) is 4.98 Å². The Balaban J connectivity index is 3.32. The number of pyridine rings is 1. The molecule has 7 heteroatoms. The number of nitriles is 1. The van der Waals surface area contributed by atoms with E-state index in [-0.39, 0.29) is 22.5 Å². The quantitative estimate of drug-likeness (QED) is 0.608. The average Bonchev–Trinajstić information content (AvgIpc) is 2.45. The fourth-order valence-electron chi connectivity index (χ4n) is 2.06. The Kier molecular flexibility index (Phi) is 5.61. The van der Waals surface area contributed by atoms with E-state index in [0.717, 1.165) is 6.42 Å². The van der Waals surface area contributed by atoms with Crippen LogP contribution in [0.3, 0.4) is 0 Å². The van der Waals surface area contributed by atoms with E-state index in [9.17, 15) is 10.1 Å². The van der Waals surface area contributed by atoms with Crippen LogP contribution in [0.1, 0.15) is 32.8 Å². The van der Waals surface area contributed by atoms with Crippen LogP contribution in [0.5, 0.6) is 0 Å². The van der Waals surface area contributed by atoms with Crippen LogP contribution in [0.25, 0.3) is 0 Å². The number of hydrogen-bond acceptors (Lipinski definition) is 6. The molecule has 114 valence electrons. The van der Waals surface area contributed by atoms with Crippen molar-refractivity contribution < 1.29 is 4.92 Å². The summed E-state index contributed by atoms with van der Waals surface area (Å²) in [6.07, 6.45) is 2.25. The van der Waals surface area contributed by atoms with E-state index in [1.807, 2.05) is 31.7 Å². The number of nitrogens with two attached hydrogens (primary N) is 1. The van der Waals surface area contributed by atoms with Gasteiger partial charge in [0.05, 0.1) is 4.92 Å². The maximum Gasteiger partial charge on any atom is 0.329 e. The van der Waals surface area contributed by atoms with Gasteiger partial charge < -0.3 is 10.6 Å². The van der Waals surface area contributed by atoms with Gasteiger partial charge in [0.25, 0.3) is 0 Å². The third-order valence-electron chi connectivity index (χ3n) is 3.17. The van der Waals surface area contributed by atoms with Crippen LogP contribution in [0.2, 0.25) is 0 Å². The summed E-state index contributed by atoms with van der Waals surface area (Å²) in [5, 5.41) is 20.4. The lowest BCUT2D eigenvalue weighted by atomic mass is 9.93. The second-order valence-corrected chi connectivity index (χ2v) is 5.69. The van der Waals surface area contributed by atoms with Crippen LogP contribution in [-0.4, -0.2) is 29.5 Å². The Morgan fingerprint density at radius 3 is 2.71 bits per heavy atom. The lowest BCUT2D eigenvalue weighted by Gasteiger charge is -2.32. The average molecular weight is 291 g/mol. The first kappa shape index (κ1) is 16.9. The van der Waals surface area contributed by atoms with Gasteiger partial charge in [0, 0.05) is 19.3 Å². The monoisotopic (exact) mass is 291 g/mol. The summed E-state index contributed by atoms with van der Waals surface area (Å²) in [6, 6.07) is 3.22. The van der Waals surface area contributed by atoms with E-state index >= 15 is 0 Å². The minimum absolute atomic E-state index is 0.0247. The molecule has 0 atom stereocenters. The SMILES string of the molecule is CCCN(CC(C)(C)CN)c1nccc(C#N)c1[N+](=O)[O-]. The summed E-state index contributed by atoms with van der Waals surface area (Å²) in [5.74, 6) is 0.238. The number of rotatable bonds is 7. The molecular weight excluding hydrogens is 270 g/mol. The molecule has 0 aromatic carbocycles. The van der Waals surface area contributed by atoms with Gasteiger partial charge in [-0.05, 0) is 24.4 Å². The van der Waals surface area contributed by atoms with Crippen molar-refractivity contribution >= 4 is 11.5 Å². The zero-order valence-electron chi connectivity index (χ0n) is 12.7. The Hall–Kier alpha value is -2.20. The highest BCUT2D eigenvalue weighted by molar-refractivity contribution is 5.65.